The number of rotatable bonds is 50. The van der Waals surface area contributed by atoms with E-state index in [9.17, 15) is 5.11 Å². The van der Waals surface area contributed by atoms with E-state index in [0.29, 0.717) is 5.92 Å². The summed E-state index contributed by atoms with van der Waals surface area (Å²) in [5.41, 5.74) is 0. The van der Waals surface area contributed by atoms with E-state index in [1.807, 2.05) is 6.20 Å². The topological polar surface area (TPSA) is 45.2 Å². The molecule has 0 fully saturated rings. The van der Waals surface area contributed by atoms with E-state index in [1.54, 1.807) is 0 Å². The molecule has 0 aromatic heterocycles. The van der Waals surface area contributed by atoms with Gasteiger partial charge in [0.15, 0.2) is 0 Å². The first-order valence-electron chi connectivity index (χ1n) is 27.3. The Morgan fingerprint density at radius 1 is 0.516 bits per heavy atom. The molecule has 366 valence electrons. The van der Waals surface area contributed by atoms with Crippen LogP contribution in [0, 0.1) is 17.8 Å². The number of nitrogens with zero attached hydrogens (tertiary/aromatic N) is 2. The minimum Gasteiger partial charge on any atom is -0.499 e. The average Bonchev–Trinajstić information content (AvgIpc) is 3.26. The highest BCUT2D eigenvalue weighted by molar-refractivity contribution is 4.91. The number of aliphatic hydroxyl groups excluding tert-OH is 1. The van der Waals surface area contributed by atoms with Crippen LogP contribution in [-0.2, 0) is 9.47 Å². The van der Waals surface area contributed by atoms with Crippen molar-refractivity contribution in [2.24, 2.45) is 17.8 Å². The zero-order valence-electron chi connectivity index (χ0n) is 42.9. The first-order chi connectivity index (χ1) is 30.2. The molecule has 4 atom stereocenters. The van der Waals surface area contributed by atoms with Crippen molar-refractivity contribution in [3.63, 3.8) is 0 Å². The third kappa shape index (κ3) is 39.8. The Labute approximate surface area is 389 Å². The summed E-state index contributed by atoms with van der Waals surface area (Å²) in [6.45, 7) is 31.7. The van der Waals surface area contributed by atoms with Crippen molar-refractivity contribution < 1.29 is 14.6 Å². The second-order valence-electron chi connectivity index (χ2n) is 19.3. The largest absolute Gasteiger partial charge is 0.499 e. The molecule has 0 aromatic rings. The summed E-state index contributed by atoms with van der Waals surface area (Å²) >= 11 is 0. The van der Waals surface area contributed by atoms with Gasteiger partial charge < -0.3 is 24.4 Å². The molecule has 5 nitrogen and oxygen atoms in total. The van der Waals surface area contributed by atoms with Crippen LogP contribution in [0.4, 0.5) is 0 Å². The molecule has 0 aromatic carbocycles. The van der Waals surface area contributed by atoms with Gasteiger partial charge in [-0.1, -0.05) is 221 Å². The van der Waals surface area contributed by atoms with Gasteiger partial charge in [0.25, 0.3) is 0 Å². The Balaban J connectivity index is 4.76. The maximum atomic E-state index is 11.2. The van der Waals surface area contributed by atoms with Gasteiger partial charge in [-0.25, -0.2) is 0 Å². The molecule has 5 heteroatoms. The van der Waals surface area contributed by atoms with Gasteiger partial charge in [-0.3, -0.25) is 0 Å². The van der Waals surface area contributed by atoms with E-state index in [0.717, 1.165) is 127 Å². The minimum atomic E-state index is -0.307. The Bertz CT molecular complexity index is 1010. The van der Waals surface area contributed by atoms with Gasteiger partial charge in [-0.05, 0) is 88.2 Å². The summed E-state index contributed by atoms with van der Waals surface area (Å²) in [6.07, 6.45) is 47.2. The predicted molar refractivity (Wildman–Crippen MR) is 276 cm³/mol. The van der Waals surface area contributed by atoms with Crippen LogP contribution in [0.3, 0.4) is 0 Å². The molecule has 0 spiro atoms. The molecule has 4 unspecified atom stereocenters. The first-order valence-corrected chi connectivity index (χ1v) is 27.3. The molecular weight excluding hydrogens is 761 g/mol. The highest BCUT2D eigenvalue weighted by atomic mass is 16.5. The number of ether oxygens (including phenoxy) is 2. The lowest BCUT2D eigenvalue weighted by Gasteiger charge is -2.26. The van der Waals surface area contributed by atoms with Crippen LogP contribution < -0.4 is 0 Å². The SMILES string of the molecule is C=CN(/C=C\C(C)CC)CCCN(CCCCCCC(=C)OCCC(CCCCC)CCCCCCC)CC(O)CCCCC(=C)OCCC(CCCCC)CCCCCCC. The summed E-state index contributed by atoms with van der Waals surface area (Å²) in [6, 6.07) is 0. The molecule has 0 rings (SSSR count). The quantitative estimate of drug-likeness (QED) is 0.0487. The third-order valence-corrected chi connectivity index (χ3v) is 13.3. The lowest BCUT2D eigenvalue weighted by atomic mass is 9.92. The van der Waals surface area contributed by atoms with E-state index in [-0.39, 0.29) is 6.10 Å². The number of unbranched alkanes of at least 4 members (excludes halogenated alkanes) is 16. The van der Waals surface area contributed by atoms with Gasteiger partial charge in [0.05, 0.1) is 30.8 Å². The molecule has 0 saturated carbocycles. The van der Waals surface area contributed by atoms with Gasteiger partial charge in [0.1, 0.15) is 0 Å². The Hall–Kier alpha value is -1.72. The molecule has 0 saturated heterocycles. The lowest BCUT2D eigenvalue weighted by molar-refractivity contribution is 0.0995. The van der Waals surface area contributed by atoms with E-state index in [1.165, 1.54) is 148 Å². The van der Waals surface area contributed by atoms with Crippen LogP contribution >= 0.6 is 0 Å². The normalized spacial score (nSPS) is 13.7. The van der Waals surface area contributed by atoms with Crippen molar-refractivity contribution >= 4 is 0 Å². The molecule has 0 aliphatic heterocycles. The van der Waals surface area contributed by atoms with E-state index >= 15 is 0 Å². The van der Waals surface area contributed by atoms with Crippen LogP contribution in [0.25, 0.3) is 0 Å². The highest BCUT2D eigenvalue weighted by Crippen LogP contribution is 2.24. The molecule has 0 aliphatic rings. The molecule has 62 heavy (non-hydrogen) atoms. The standard InChI is InChI=1S/C57H110N2O3/c1-10-16-20-22-29-39-55(37-26-18-12-3)43-49-61-53(8)35-28-24-25-33-45-59(47-34-46-58(15-6)48-42-52(7)14-5)51-57(60)41-32-31-36-54(9)62-50-44-56(38-27-19-13-4)40-30-23-21-17-11-2/h15,42,48,52,55-57,60H,6,8-14,16-41,43-47,49-51H2,1-5,7H3/b48-42-. The Kier molecular flexibility index (Phi) is 44.6. The summed E-state index contributed by atoms with van der Waals surface area (Å²) in [5.74, 6) is 4.07. The molecule has 1 N–H and O–H groups in total. The fourth-order valence-electron chi connectivity index (χ4n) is 8.68. The first kappa shape index (κ1) is 60.3. The highest BCUT2D eigenvalue weighted by Gasteiger charge is 2.14. The van der Waals surface area contributed by atoms with Gasteiger partial charge in [-0.15, -0.1) is 0 Å². The van der Waals surface area contributed by atoms with Crippen LogP contribution in [0.1, 0.15) is 253 Å². The Morgan fingerprint density at radius 3 is 1.44 bits per heavy atom. The molecule has 0 heterocycles. The third-order valence-electron chi connectivity index (χ3n) is 13.3. The summed E-state index contributed by atoms with van der Waals surface area (Å²) in [5, 5.41) is 11.2. The van der Waals surface area contributed by atoms with Gasteiger partial charge in [-0.2, -0.15) is 0 Å². The number of hydrogen-bond acceptors (Lipinski definition) is 5. The molecular formula is C57H110N2O3. The molecule has 0 amide bonds. The van der Waals surface area contributed by atoms with Gasteiger partial charge in [0.2, 0.25) is 0 Å². The fraction of sp³-hybridized carbons (Fsp3) is 0.860. The number of allylic oxidation sites excluding steroid dienone is 3. The maximum Gasteiger partial charge on any atom is 0.0888 e. The smallest absolute Gasteiger partial charge is 0.0888 e. The minimum absolute atomic E-state index is 0.307. The Morgan fingerprint density at radius 2 is 0.935 bits per heavy atom. The maximum absolute atomic E-state index is 11.2. The monoisotopic (exact) mass is 871 g/mol. The van der Waals surface area contributed by atoms with E-state index in [2.05, 4.69) is 83.4 Å². The molecule has 0 aliphatic carbocycles. The second kappa shape index (κ2) is 45.8. The van der Waals surface area contributed by atoms with Crippen molar-refractivity contribution in [1.82, 2.24) is 9.80 Å². The van der Waals surface area contributed by atoms with Crippen LogP contribution in [-0.4, -0.2) is 60.4 Å². The van der Waals surface area contributed by atoms with Crippen molar-refractivity contribution in [3.8, 4) is 0 Å². The van der Waals surface area contributed by atoms with Crippen LogP contribution in [0.2, 0.25) is 0 Å². The van der Waals surface area contributed by atoms with Crippen molar-refractivity contribution in [3.05, 3.63) is 49.7 Å². The summed E-state index contributed by atoms with van der Waals surface area (Å²) < 4.78 is 12.3. The molecule has 0 radical (unpaired) electrons. The van der Waals surface area contributed by atoms with Crippen LogP contribution in [0.15, 0.2) is 49.7 Å². The summed E-state index contributed by atoms with van der Waals surface area (Å²) in [4.78, 5) is 4.73. The van der Waals surface area contributed by atoms with Crippen molar-refractivity contribution in [2.45, 2.75) is 260 Å². The zero-order valence-corrected chi connectivity index (χ0v) is 42.9. The molecule has 0 bridgehead atoms. The number of aliphatic hydroxyl groups is 1. The van der Waals surface area contributed by atoms with Gasteiger partial charge >= 0.3 is 0 Å². The predicted octanol–water partition coefficient (Wildman–Crippen LogP) is 17.5. The van der Waals surface area contributed by atoms with Crippen molar-refractivity contribution in [2.75, 3.05) is 39.4 Å². The summed E-state index contributed by atoms with van der Waals surface area (Å²) in [7, 11) is 0. The van der Waals surface area contributed by atoms with E-state index < -0.39 is 0 Å². The lowest BCUT2D eigenvalue weighted by Crippen LogP contribution is -2.35. The van der Waals surface area contributed by atoms with E-state index in [4.69, 9.17) is 9.47 Å². The average molecular weight is 872 g/mol. The second-order valence-corrected chi connectivity index (χ2v) is 19.3. The number of hydrogen-bond donors (Lipinski definition) is 1. The fourth-order valence-corrected chi connectivity index (χ4v) is 8.68. The van der Waals surface area contributed by atoms with Gasteiger partial charge in [0, 0.05) is 25.9 Å². The van der Waals surface area contributed by atoms with Crippen molar-refractivity contribution in [1.29, 1.82) is 0 Å². The van der Waals surface area contributed by atoms with Crippen LogP contribution in [0.5, 0.6) is 0 Å². The zero-order chi connectivity index (χ0) is 45.7.